The van der Waals surface area contributed by atoms with Gasteiger partial charge in [-0.25, -0.2) is 0 Å². The van der Waals surface area contributed by atoms with Crippen molar-refractivity contribution < 1.29 is 71.2 Å². The van der Waals surface area contributed by atoms with E-state index in [4.69, 9.17) is 66.4 Å². The second-order valence-electron chi connectivity index (χ2n) is 8.05. The highest BCUT2D eigenvalue weighted by Crippen LogP contribution is 2.10. The van der Waals surface area contributed by atoms with Crippen LogP contribution in [0.2, 0.25) is 0 Å². The van der Waals surface area contributed by atoms with E-state index in [0.29, 0.717) is 6.42 Å². The molecule has 0 rings (SSSR count). The van der Waals surface area contributed by atoms with Crippen molar-refractivity contribution in [2.75, 3.05) is 52.9 Å². The molecule has 0 spiro atoms. The van der Waals surface area contributed by atoms with Crippen LogP contribution < -0.4 is 0 Å². The van der Waals surface area contributed by atoms with Gasteiger partial charge < -0.3 is 66.4 Å². The molecule has 13 N–H and O–H groups in total. The van der Waals surface area contributed by atoms with Crippen LogP contribution in [-0.2, 0) is 4.79 Å². The summed E-state index contributed by atoms with van der Waals surface area (Å²) in [5.41, 5.74) is 0. The number of hydrogen-bond donors (Lipinski definition) is 13. The molecule has 0 saturated carbocycles. The summed E-state index contributed by atoms with van der Waals surface area (Å²) < 4.78 is 0. The first kappa shape index (κ1) is 46.8. The summed E-state index contributed by atoms with van der Waals surface area (Å²) in [6, 6.07) is 0. The van der Waals surface area contributed by atoms with E-state index in [1.165, 1.54) is 44.9 Å². The van der Waals surface area contributed by atoms with E-state index < -0.39 is 30.4 Å². The molecule has 0 atom stereocenters. The minimum Gasteiger partial charge on any atom is -0.481 e. The van der Waals surface area contributed by atoms with Gasteiger partial charge in [-0.3, -0.25) is 4.79 Å². The summed E-state index contributed by atoms with van der Waals surface area (Å²) in [6.07, 6.45) is 7.66. The first-order chi connectivity index (χ1) is 18.0. The largest absolute Gasteiger partial charge is 0.481 e. The van der Waals surface area contributed by atoms with Crippen molar-refractivity contribution >= 4 is 5.97 Å². The molecule has 14 nitrogen and oxygen atoms in total. The van der Waals surface area contributed by atoms with Crippen LogP contribution in [0.25, 0.3) is 0 Å². The van der Waals surface area contributed by atoms with Crippen molar-refractivity contribution in [3.05, 3.63) is 0 Å². The van der Waals surface area contributed by atoms with Crippen molar-refractivity contribution in [2.24, 2.45) is 0 Å². The number of aliphatic hydroxyl groups is 12. The monoisotopic (exact) mass is 568 g/mol. The fraction of sp³-hybridized carbons (Fsp3) is 0.958. The third-order valence-electron chi connectivity index (χ3n) is 4.18. The van der Waals surface area contributed by atoms with Gasteiger partial charge in [-0.1, -0.05) is 58.3 Å². The third kappa shape index (κ3) is 59.8. The maximum atomic E-state index is 10.2. The highest BCUT2D eigenvalue weighted by molar-refractivity contribution is 5.66. The van der Waals surface area contributed by atoms with Crippen molar-refractivity contribution in [3.63, 3.8) is 0 Å². The average Bonchev–Trinajstić information content (AvgIpc) is 2.95. The van der Waals surface area contributed by atoms with Crippen LogP contribution in [0, 0.1) is 0 Å². The van der Waals surface area contributed by atoms with E-state index in [1.807, 2.05) is 0 Å². The molecule has 0 aromatic carbocycles. The summed E-state index contributed by atoms with van der Waals surface area (Å²) in [7, 11) is 0. The lowest BCUT2D eigenvalue weighted by atomic mass is 10.1. The zero-order valence-electron chi connectivity index (χ0n) is 22.8. The molecule has 14 heteroatoms. The molecule has 0 heterocycles. The Morgan fingerprint density at radius 3 is 0.816 bits per heavy atom. The van der Waals surface area contributed by atoms with Gasteiger partial charge in [0, 0.05) is 6.42 Å². The molecule has 0 aliphatic rings. The number of unbranched alkanes of at least 4 members (excludes halogenated alkanes) is 8. The van der Waals surface area contributed by atoms with Gasteiger partial charge in [-0.15, -0.1) is 0 Å². The zero-order valence-corrected chi connectivity index (χ0v) is 22.8. The van der Waals surface area contributed by atoms with Crippen LogP contribution in [0.1, 0.15) is 71.1 Å². The Morgan fingerprint density at radius 2 is 0.658 bits per heavy atom. The van der Waals surface area contributed by atoms with Gasteiger partial charge in [0.25, 0.3) is 0 Å². The maximum Gasteiger partial charge on any atom is 0.303 e. The third-order valence-corrected chi connectivity index (χ3v) is 4.18. The van der Waals surface area contributed by atoms with Crippen molar-refractivity contribution in [1.29, 1.82) is 0 Å². The van der Waals surface area contributed by atoms with Crippen LogP contribution in [0.3, 0.4) is 0 Å². The Hall–Kier alpha value is -1.01. The van der Waals surface area contributed by atoms with Gasteiger partial charge in [0.05, 0.1) is 52.9 Å². The molecule has 0 fully saturated rings. The topological polar surface area (TPSA) is 280 Å². The molecular formula is C24H56O14. The summed E-state index contributed by atoms with van der Waals surface area (Å²) >= 11 is 0. The lowest BCUT2D eigenvalue weighted by Gasteiger charge is -2.00. The Balaban J connectivity index is -0.000000128. The van der Waals surface area contributed by atoms with Crippen molar-refractivity contribution in [1.82, 2.24) is 0 Å². The molecule has 0 aromatic rings. The molecule has 0 aliphatic carbocycles. The van der Waals surface area contributed by atoms with Crippen molar-refractivity contribution in [3.8, 4) is 0 Å². The standard InChI is InChI=1S/C12H24O2.4C3H8O3/c1-2-3-4-5-6-7-8-9-10-11-12(13)14;4*4-1-3(6)2-5/h2-11H2,1H3,(H,13,14);4*3-6H,1-2H2. The SMILES string of the molecule is CCCCCCCCCCCC(=O)O.OCC(O)CO.OCC(O)CO.OCC(O)CO.OCC(O)CO. The number of carboxylic acids is 1. The first-order valence-electron chi connectivity index (χ1n) is 12.8. The zero-order chi connectivity index (χ0) is 30.6. The first-order valence-corrected chi connectivity index (χ1v) is 12.8. The van der Waals surface area contributed by atoms with Crippen LogP contribution >= 0.6 is 0 Å². The van der Waals surface area contributed by atoms with E-state index in [9.17, 15) is 4.79 Å². The normalized spacial score (nSPS) is 10.1. The van der Waals surface area contributed by atoms with Crippen LogP contribution in [-0.4, -0.2) is 150 Å². The molecule has 38 heavy (non-hydrogen) atoms. The lowest BCUT2D eigenvalue weighted by molar-refractivity contribution is -0.137. The summed E-state index contributed by atoms with van der Waals surface area (Å²) in [5.74, 6) is -0.659. The van der Waals surface area contributed by atoms with Gasteiger partial charge in [0.15, 0.2) is 0 Å². The second kappa shape index (κ2) is 43.1. The second-order valence-corrected chi connectivity index (χ2v) is 8.05. The van der Waals surface area contributed by atoms with E-state index in [1.54, 1.807) is 0 Å². The predicted molar refractivity (Wildman–Crippen MR) is 140 cm³/mol. The van der Waals surface area contributed by atoms with Gasteiger partial charge >= 0.3 is 5.97 Å². The Kier molecular flexibility index (Phi) is 53.0. The van der Waals surface area contributed by atoms with E-state index in [-0.39, 0.29) is 52.9 Å². The summed E-state index contributed by atoms with van der Waals surface area (Å²) in [4.78, 5) is 10.2. The molecular weight excluding hydrogens is 512 g/mol. The summed E-state index contributed by atoms with van der Waals surface area (Å²) in [5, 5.41) is 104. The predicted octanol–water partition coefficient (Wildman–Crippen LogP) is -2.68. The maximum absolute atomic E-state index is 10.2. The van der Waals surface area contributed by atoms with Gasteiger partial charge in [0.1, 0.15) is 24.4 Å². The molecule has 0 aliphatic heterocycles. The fourth-order valence-electron chi connectivity index (χ4n) is 1.82. The van der Waals surface area contributed by atoms with Crippen LogP contribution in [0.5, 0.6) is 0 Å². The molecule has 0 saturated heterocycles. The van der Waals surface area contributed by atoms with Crippen LogP contribution in [0.15, 0.2) is 0 Å². The number of rotatable bonds is 18. The molecule has 0 aromatic heterocycles. The smallest absolute Gasteiger partial charge is 0.303 e. The molecule has 0 unspecified atom stereocenters. The number of aliphatic hydroxyl groups excluding tert-OH is 12. The van der Waals surface area contributed by atoms with Gasteiger partial charge in [0.2, 0.25) is 0 Å². The fourth-order valence-corrected chi connectivity index (χ4v) is 1.82. The Morgan fingerprint density at radius 1 is 0.447 bits per heavy atom. The van der Waals surface area contributed by atoms with E-state index in [0.717, 1.165) is 12.8 Å². The molecule has 0 bridgehead atoms. The molecule has 0 amide bonds. The number of aliphatic carboxylic acids is 1. The van der Waals surface area contributed by atoms with Crippen molar-refractivity contribution in [2.45, 2.75) is 95.5 Å². The number of hydrogen-bond acceptors (Lipinski definition) is 13. The summed E-state index contributed by atoms with van der Waals surface area (Å²) in [6.45, 7) is -0.689. The lowest BCUT2D eigenvalue weighted by Crippen LogP contribution is -2.15. The highest BCUT2D eigenvalue weighted by Gasteiger charge is 1.97. The van der Waals surface area contributed by atoms with Gasteiger partial charge in [-0.05, 0) is 6.42 Å². The highest BCUT2D eigenvalue weighted by atomic mass is 16.4. The Bertz CT molecular complexity index is 348. The molecule has 0 radical (unpaired) electrons. The average molecular weight is 569 g/mol. The molecule has 236 valence electrons. The minimum absolute atomic E-state index is 0.343. The quantitative estimate of drug-likeness (QED) is 0.0750. The number of carboxylic acid groups (broad SMARTS) is 1. The Labute approximate surface area is 226 Å². The van der Waals surface area contributed by atoms with Crippen LogP contribution in [0.4, 0.5) is 0 Å². The number of carbonyl (C=O) groups is 1. The van der Waals surface area contributed by atoms with Gasteiger partial charge in [-0.2, -0.15) is 0 Å². The van der Waals surface area contributed by atoms with E-state index in [2.05, 4.69) is 6.92 Å². The van der Waals surface area contributed by atoms with E-state index >= 15 is 0 Å². The minimum atomic E-state index is -0.954.